The van der Waals surface area contributed by atoms with E-state index in [-0.39, 0.29) is 17.5 Å². The van der Waals surface area contributed by atoms with Crippen molar-refractivity contribution in [3.8, 4) is 0 Å². The van der Waals surface area contributed by atoms with Crippen LogP contribution in [-0.4, -0.2) is 79.8 Å². The molecule has 1 aromatic rings. The van der Waals surface area contributed by atoms with Crippen LogP contribution in [0.2, 0.25) is 0 Å². The van der Waals surface area contributed by atoms with Gasteiger partial charge in [-0.2, -0.15) is 10.1 Å². The summed E-state index contributed by atoms with van der Waals surface area (Å²) < 4.78 is 23.4. The average Bonchev–Trinajstić information content (AvgIpc) is 2.85. The molecule has 1 fully saturated rings. The molecule has 2 heterocycles. The third-order valence-corrected chi connectivity index (χ3v) is 5.63. The first-order valence-electron chi connectivity index (χ1n) is 7.96. The highest BCUT2D eigenvalue weighted by atomic mass is 32.2. The highest BCUT2D eigenvalue weighted by Crippen LogP contribution is 2.21. The van der Waals surface area contributed by atoms with Gasteiger partial charge in [0.15, 0.2) is 15.7 Å². The Labute approximate surface area is 138 Å². The maximum absolute atomic E-state index is 11.7. The van der Waals surface area contributed by atoms with Gasteiger partial charge in [-0.05, 0) is 40.4 Å². The van der Waals surface area contributed by atoms with Crippen molar-refractivity contribution in [2.75, 3.05) is 55.5 Å². The van der Waals surface area contributed by atoms with E-state index in [0.717, 1.165) is 19.5 Å². The molecule has 0 spiro atoms. The van der Waals surface area contributed by atoms with Crippen molar-refractivity contribution in [1.82, 2.24) is 20.1 Å². The molecule has 9 heteroatoms. The highest BCUT2D eigenvalue weighted by molar-refractivity contribution is 7.91. The first-order valence-corrected chi connectivity index (χ1v) is 9.79. The highest BCUT2D eigenvalue weighted by Gasteiger charge is 2.33. The average molecular weight is 342 g/mol. The van der Waals surface area contributed by atoms with E-state index in [1.54, 1.807) is 6.20 Å². The summed E-state index contributed by atoms with van der Waals surface area (Å²) >= 11 is 0. The molecule has 1 aromatic heterocycles. The molecular weight excluding hydrogens is 316 g/mol. The lowest BCUT2D eigenvalue weighted by atomic mass is 10.2. The first kappa shape index (κ1) is 17.9. The molecular formula is C14H26N6O2S. The zero-order valence-corrected chi connectivity index (χ0v) is 14.9. The van der Waals surface area contributed by atoms with Crippen LogP contribution in [0.3, 0.4) is 0 Å². The number of nitrogens with zero attached hydrogens (tertiary/aromatic N) is 5. The molecule has 1 aliphatic rings. The predicted molar refractivity (Wildman–Crippen MR) is 91.6 cm³/mol. The summed E-state index contributed by atoms with van der Waals surface area (Å²) in [6.45, 7) is 4.44. The molecule has 1 unspecified atom stereocenters. The van der Waals surface area contributed by atoms with Gasteiger partial charge in [0.1, 0.15) is 0 Å². The van der Waals surface area contributed by atoms with Gasteiger partial charge in [0.2, 0.25) is 5.95 Å². The number of aromatic nitrogens is 3. The summed E-state index contributed by atoms with van der Waals surface area (Å²) in [5.74, 6) is 1.58. The largest absolute Gasteiger partial charge is 0.369 e. The van der Waals surface area contributed by atoms with Gasteiger partial charge in [-0.1, -0.05) is 0 Å². The molecule has 0 bridgehead atoms. The number of anilines is 2. The standard InChI is InChI=1S/C14H26N6O2S/c1-4-20(12-6-9-23(21,22)11-12)14-17-13(10-16-18-14)15-7-5-8-19(2)3/h10,12H,4-9,11H2,1-3H3,(H,15,17,18). The summed E-state index contributed by atoms with van der Waals surface area (Å²) in [5.41, 5.74) is 0. The summed E-state index contributed by atoms with van der Waals surface area (Å²) in [6, 6.07) is -0.0595. The molecule has 0 aliphatic carbocycles. The Balaban J connectivity index is 1.99. The molecule has 1 atom stereocenters. The van der Waals surface area contributed by atoms with Crippen LogP contribution < -0.4 is 10.2 Å². The number of hydrogen-bond acceptors (Lipinski definition) is 8. The number of sulfone groups is 1. The van der Waals surface area contributed by atoms with Crippen molar-refractivity contribution in [2.24, 2.45) is 0 Å². The van der Waals surface area contributed by atoms with Crippen molar-refractivity contribution in [3.05, 3.63) is 6.20 Å². The van der Waals surface area contributed by atoms with Gasteiger partial charge >= 0.3 is 0 Å². The second kappa shape index (κ2) is 7.87. The van der Waals surface area contributed by atoms with E-state index in [0.29, 0.717) is 24.7 Å². The fraction of sp³-hybridized carbons (Fsp3) is 0.786. The molecule has 0 aromatic carbocycles. The molecule has 0 amide bonds. The number of hydrogen-bond donors (Lipinski definition) is 1. The quantitative estimate of drug-likeness (QED) is 0.672. The monoisotopic (exact) mass is 342 g/mol. The lowest BCUT2D eigenvalue weighted by molar-refractivity contribution is 0.405. The minimum absolute atomic E-state index is 0.0595. The topological polar surface area (TPSA) is 91.3 Å². The lowest BCUT2D eigenvalue weighted by Gasteiger charge is -2.26. The minimum Gasteiger partial charge on any atom is -0.369 e. The normalized spacial score (nSPS) is 19.9. The number of nitrogens with one attached hydrogen (secondary N) is 1. The van der Waals surface area contributed by atoms with E-state index in [4.69, 9.17) is 0 Å². The smallest absolute Gasteiger partial charge is 0.247 e. The molecule has 2 rings (SSSR count). The zero-order valence-electron chi connectivity index (χ0n) is 14.1. The maximum atomic E-state index is 11.7. The van der Waals surface area contributed by atoms with Gasteiger partial charge in [0.25, 0.3) is 0 Å². The van der Waals surface area contributed by atoms with Crippen LogP contribution in [0.1, 0.15) is 19.8 Å². The fourth-order valence-corrected chi connectivity index (χ4v) is 4.43. The molecule has 1 N–H and O–H groups in total. The van der Waals surface area contributed by atoms with E-state index in [9.17, 15) is 8.42 Å². The lowest BCUT2D eigenvalue weighted by Crippen LogP contribution is -2.37. The van der Waals surface area contributed by atoms with Crippen LogP contribution in [-0.2, 0) is 9.84 Å². The van der Waals surface area contributed by atoms with Gasteiger partial charge < -0.3 is 15.1 Å². The van der Waals surface area contributed by atoms with Crippen LogP contribution in [0.25, 0.3) is 0 Å². The Bertz CT molecular complexity index is 607. The summed E-state index contributed by atoms with van der Waals surface area (Å²) in [5, 5.41) is 11.3. The van der Waals surface area contributed by atoms with E-state index < -0.39 is 9.84 Å². The number of rotatable bonds is 8. The van der Waals surface area contributed by atoms with E-state index in [1.807, 2.05) is 25.9 Å². The second-order valence-corrected chi connectivity index (χ2v) is 8.30. The van der Waals surface area contributed by atoms with Crippen LogP contribution in [0, 0.1) is 0 Å². The SMILES string of the molecule is CCN(c1nncc(NCCCN(C)C)n1)C1CCS(=O)(=O)C1. The molecule has 23 heavy (non-hydrogen) atoms. The Hall–Kier alpha value is -1.48. The molecule has 0 radical (unpaired) electrons. The first-order chi connectivity index (χ1) is 10.9. The van der Waals surface area contributed by atoms with Gasteiger partial charge in [-0.25, -0.2) is 8.42 Å². The van der Waals surface area contributed by atoms with Crippen molar-refractivity contribution in [1.29, 1.82) is 0 Å². The Morgan fingerprint density at radius 2 is 2.17 bits per heavy atom. The van der Waals surface area contributed by atoms with Crippen molar-refractivity contribution in [2.45, 2.75) is 25.8 Å². The van der Waals surface area contributed by atoms with Crippen molar-refractivity contribution < 1.29 is 8.42 Å². The Kier molecular flexibility index (Phi) is 6.11. The van der Waals surface area contributed by atoms with Crippen LogP contribution >= 0.6 is 0 Å². The van der Waals surface area contributed by atoms with Crippen molar-refractivity contribution >= 4 is 21.6 Å². The van der Waals surface area contributed by atoms with E-state index >= 15 is 0 Å². The fourth-order valence-electron chi connectivity index (χ4n) is 2.70. The van der Waals surface area contributed by atoms with E-state index in [2.05, 4.69) is 25.4 Å². The maximum Gasteiger partial charge on any atom is 0.247 e. The van der Waals surface area contributed by atoms with Crippen LogP contribution in [0.5, 0.6) is 0 Å². The van der Waals surface area contributed by atoms with Crippen LogP contribution in [0.4, 0.5) is 11.8 Å². The molecule has 0 saturated carbocycles. The predicted octanol–water partition coefficient (Wildman–Crippen LogP) is 0.249. The third kappa shape index (κ3) is 5.28. The van der Waals surface area contributed by atoms with Crippen molar-refractivity contribution in [3.63, 3.8) is 0 Å². The Morgan fingerprint density at radius 3 is 2.78 bits per heavy atom. The summed E-state index contributed by atoms with van der Waals surface area (Å²) in [6.07, 6.45) is 3.23. The summed E-state index contributed by atoms with van der Waals surface area (Å²) in [4.78, 5) is 8.55. The van der Waals surface area contributed by atoms with Gasteiger partial charge in [0, 0.05) is 19.1 Å². The molecule has 130 valence electrons. The Morgan fingerprint density at radius 1 is 1.39 bits per heavy atom. The van der Waals surface area contributed by atoms with Gasteiger partial charge in [0.05, 0.1) is 17.7 Å². The third-order valence-electron chi connectivity index (χ3n) is 3.88. The summed E-state index contributed by atoms with van der Waals surface area (Å²) in [7, 11) is 1.15. The minimum atomic E-state index is -2.93. The van der Waals surface area contributed by atoms with Gasteiger partial charge in [-0.3, -0.25) is 0 Å². The molecule has 8 nitrogen and oxygen atoms in total. The molecule has 1 saturated heterocycles. The van der Waals surface area contributed by atoms with E-state index in [1.165, 1.54) is 0 Å². The second-order valence-electron chi connectivity index (χ2n) is 6.07. The van der Waals surface area contributed by atoms with Gasteiger partial charge in [-0.15, -0.1) is 5.10 Å². The zero-order chi connectivity index (χ0) is 16.9. The van der Waals surface area contributed by atoms with Crippen LogP contribution in [0.15, 0.2) is 6.20 Å². The molecule has 1 aliphatic heterocycles.